The molecule has 38 heavy (non-hydrogen) atoms. The number of methoxy groups -OCH3 is 1. The average molecular weight is 539 g/mol. The normalized spacial score (nSPS) is 24.1. The van der Waals surface area contributed by atoms with Crippen molar-refractivity contribution >= 4 is 24.7 Å². The van der Waals surface area contributed by atoms with Crippen LogP contribution in [0.3, 0.4) is 0 Å². The van der Waals surface area contributed by atoms with Gasteiger partial charge in [-0.1, -0.05) is 101 Å². The van der Waals surface area contributed by atoms with Crippen LogP contribution < -0.4 is 10.4 Å². The molecule has 0 aliphatic heterocycles. The summed E-state index contributed by atoms with van der Waals surface area (Å²) < 4.78 is 11.9. The molecule has 1 aliphatic rings. The Morgan fingerprint density at radius 2 is 1.63 bits per heavy atom. The van der Waals surface area contributed by atoms with Crippen LogP contribution in [0.25, 0.3) is 0 Å². The number of aliphatic hydroxyl groups is 2. The van der Waals surface area contributed by atoms with Crippen molar-refractivity contribution in [3.05, 3.63) is 72.8 Å². The van der Waals surface area contributed by atoms with Gasteiger partial charge in [0.15, 0.2) is 0 Å². The molecule has 0 bridgehead atoms. The van der Waals surface area contributed by atoms with Crippen molar-refractivity contribution in [2.24, 2.45) is 17.3 Å². The monoisotopic (exact) mass is 538 g/mol. The number of allylic oxidation sites excluding steroid dienone is 2. The maximum absolute atomic E-state index is 11.4. The van der Waals surface area contributed by atoms with E-state index in [0.29, 0.717) is 19.4 Å². The van der Waals surface area contributed by atoms with Gasteiger partial charge >= 0.3 is 5.97 Å². The van der Waals surface area contributed by atoms with Gasteiger partial charge in [-0.2, -0.15) is 0 Å². The Labute approximate surface area is 230 Å². The second kappa shape index (κ2) is 13.2. The van der Waals surface area contributed by atoms with Crippen molar-refractivity contribution in [3.63, 3.8) is 0 Å². The van der Waals surface area contributed by atoms with Crippen molar-refractivity contribution < 1.29 is 24.2 Å². The molecular weight excluding hydrogens is 492 g/mol. The average Bonchev–Trinajstić information content (AvgIpc) is 3.15. The summed E-state index contributed by atoms with van der Waals surface area (Å²) in [6, 6.07) is 21.1. The lowest BCUT2D eigenvalue weighted by atomic mass is 9.75. The van der Waals surface area contributed by atoms with Gasteiger partial charge in [-0.25, -0.2) is 0 Å². The molecule has 4 atom stereocenters. The number of esters is 1. The number of rotatable bonds is 12. The van der Waals surface area contributed by atoms with Gasteiger partial charge in [0.05, 0.1) is 13.2 Å². The highest BCUT2D eigenvalue weighted by molar-refractivity contribution is 6.99. The van der Waals surface area contributed by atoms with Crippen LogP contribution in [0.15, 0.2) is 72.8 Å². The topological polar surface area (TPSA) is 76.0 Å². The lowest BCUT2D eigenvalue weighted by molar-refractivity contribution is -0.140. The Morgan fingerprint density at radius 3 is 2.13 bits per heavy atom. The first kappa shape index (κ1) is 30.3. The van der Waals surface area contributed by atoms with Gasteiger partial charge in [-0.05, 0) is 52.4 Å². The molecule has 1 saturated carbocycles. The number of carbonyl (C=O) groups is 1. The predicted octanol–water partition coefficient (Wildman–Crippen LogP) is 4.85. The molecule has 0 heterocycles. The lowest BCUT2D eigenvalue weighted by Crippen LogP contribution is -2.67. The van der Waals surface area contributed by atoms with E-state index in [9.17, 15) is 15.0 Å². The molecule has 2 aromatic rings. The van der Waals surface area contributed by atoms with Crippen LogP contribution in [-0.4, -0.2) is 50.9 Å². The van der Waals surface area contributed by atoms with Gasteiger partial charge in [0.2, 0.25) is 0 Å². The van der Waals surface area contributed by atoms with Crippen molar-refractivity contribution in [2.45, 2.75) is 70.9 Å². The molecule has 208 valence electrons. The van der Waals surface area contributed by atoms with Crippen LogP contribution in [0.2, 0.25) is 5.04 Å². The molecular formula is C32H46O5Si. The Hall–Kier alpha value is -2.25. The van der Waals surface area contributed by atoms with Gasteiger partial charge in [0.25, 0.3) is 8.32 Å². The summed E-state index contributed by atoms with van der Waals surface area (Å²) in [5.41, 5.74) is -0.380. The molecule has 0 spiro atoms. The Bertz CT molecular complexity index is 993. The minimum atomic E-state index is -2.73. The first-order chi connectivity index (χ1) is 18.1. The predicted molar refractivity (Wildman–Crippen MR) is 156 cm³/mol. The van der Waals surface area contributed by atoms with Crippen molar-refractivity contribution in [1.29, 1.82) is 0 Å². The fraction of sp³-hybridized carbons (Fsp3) is 0.531. The summed E-state index contributed by atoms with van der Waals surface area (Å²) in [6.45, 7) is 9.32. The Balaban J connectivity index is 1.87. The van der Waals surface area contributed by atoms with E-state index in [2.05, 4.69) is 88.4 Å². The minimum Gasteiger partial charge on any atom is -0.469 e. The first-order valence-electron chi connectivity index (χ1n) is 13.8. The molecule has 2 aromatic carbocycles. The second-order valence-electron chi connectivity index (χ2n) is 12.0. The standard InChI is InChI=1S/C32H46O5Si/c1-31(2,3)38(25-16-10-8-11-17-25,26-18-12-9-13-19-26)37-23-27-28(32(4,24-33)22-29(27)34)20-14-6-7-15-21-30(35)36-5/h6,8-14,16-19,27-29,33-34H,7,15,20-24H2,1-5H3/t27-,28-,29-,32-/m1/s1. The molecule has 1 fully saturated rings. The third-order valence-electron chi connectivity index (χ3n) is 8.39. The zero-order chi connectivity index (χ0) is 27.8. The number of ether oxygens (including phenoxy) is 1. The van der Waals surface area contributed by atoms with Gasteiger partial charge in [-0.15, -0.1) is 0 Å². The summed E-state index contributed by atoms with van der Waals surface area (Å²) in [7, 11) is -1.32. The largest absolute Gasteiger partial charge is 0.469 e. The number of hydrogen-bond donors (Lipinski definition) is 2. The van der Waals surface area contributed by atoms with Crippen molar-refractivity contribution in [2.75, 3.05) is 20.3 Å². The summed E-state index contributed by atoms with van der Waals surface area (Å²) in [4.78, 5) is 11.4. The molecule has 5 nitrogen and oxygen atoms in total. The maximum atomic E-state index is 11.4. The third kappa shape index (κ3) is 6.65. The quantitative estimate of drug-likeness (QED) is 0.175. The van der Waals surface area contributed by atoms with E-state index in [0.717, 1.165) is 19.3 Å². The van der Waals surface area contributed by atoms with Gasteiger partial charge < -0.3 is 19.4 Å². The fourth-order valence-corrected chi connectivity index (χ4v) is 10.8. The van der Waals surface area contributed by atoms with Gasteiger partial charge in [0, 0.05) is 25.6 Å². The van der Waals surface area contributed by atoms with Gasteiger partial charge in [-0.3, -0.25) is 4.79 Å². The second-order valence-corrected chi connectivity index (χ2v) is 16.3. The SMILES string of the molecule is COC(=O)CCCC=CC[C@@H]1[C@@H](CO[Si](c2ccccc2)(c2ccccc2)C(C)(C)C)[C@H](O)C[C@]1(C)CO. The fourth-order valence-electron chi connectivity index (χ4n) is 6.24. The number of hydrogen-bond acceptors (Lipinski definition) is 5. The highest BCUT2D eigenvalue weighted by Crippen LogP contribution is 2.49. The molecule has 0 radical (unpaired) electrons. The molecule has 0 unspecified atom stereocenters. The molecule has 1 aliphatic carbocycles. The van der Waals surface area contributed by atoms with Crippen LogP contribution in [0, 0.1) is 17.3 Å². The summed E-state index contributed by atoms with van der Waals surface area (Å²) in [5.74, 6) is -0.197. The van der Waals surface area contributed by atoms with Crippen LogP contribution >= 0.6 is 0 Å². The van der Waals surface area contributed by atoms with Crippen LogP contribution in [0.5, 0.6) is 0 Å². The highest BCUT2D eigenvalue weighted by Gasteiger charge is 2.53. The molecule has 0 amide bonds. The zero-order valence-electron chi connectivity index (χ0n) is 23.7. The Morgan fingerprint density at radius 1 is 1.05 bits per heavy atom. The van der Waals surface area contributed by atoms with E-state index in [1.165, 1.54) is 17.5 Å². The molecule has 0 saturated heterocycles. The third-order valence-corrected chi connectivity index (χ3v) is 13.4. The summed E-state index contributed by atoms with van der Waals surface area (Å²) in [5, 5.41) is 23.9. The van der Waals surface area contributed by atoms with Crippen LogP contribution in [0.4, 0.5) is 0 Å². The van der Waals surface area contributed by atoms with Crippen LogP contribution in [0.1, 0.15) is 59.8 Å². The summed E-state index contributed by atoms with van der Waals surface area (Å²) in [6.07, 6.45) is 6.96. The Kier molecular flexibility index (Phi) is 10.5. The van der Waals surface area contributed by atoms with Crippen molar-refractivity contribution in [3.8, 4) is 0 Å². The summed E-state index contributed by atoms with van der Waals surface area (Å²) >= 11 is 0. The highest BCUT2D eigenvalue weighted by atomic mass is 28.4. The number of carbonyl (C=O) groups excluding carboxylic acids is 1. The van der Waals surface area contributed by atoms with E-state index in [1.54, 1.807) is 0 Å². The maximum Gasteiger partial charge on any atom is 0.305 e. The van der Waals surface area contributed by atoms with Gasteiger partial charge in [0.1, 0.15) is 0 Å². The van der Waals surface area contributed by atoms with E-state index in [-0.39, 0.29) is 34.9 Å². The molecule has 6 heteroatoms. The van der Waals surface area contributed by atoms with E-state index >= 15 is 0 Å². The zero-order valence-corrected chi connectivity index (χ0v) is 24.7. The molecule has 3 rings (SSSR count). The lowest BCUT2D eigenvalue weighted by Gasteiger charge is -2.44. The number of unbranched alkanes of at least 4 members (excludes halogenated alkanes) is 1. The number of aliphatic hydroxyl groups excluding tert-OH is 2. The van der Waals surface area contributed by atoms with Crippen molar-refractivity contribution in [1.82, 2.24) is 0 Å². The first-order valence-corrected chi connectivity index (χ1v) is 15.8. The minimum absolute atomic E-state index is 0.0284. The van der Waals surface area contributed by atoms with Crippen LogP contribution in [-0.2, 0) is 14.0 Å². The molecule has 2 N–H and O–H groups in total. The van der Waals surface area contributed by atoms with E-state index in [1.807, 2.05) is 12.1 Å². The van der Waals surface area contributed by atoms with E-state index in [4.69, 9.17) is 9.16 Å². The smallest absolute Gasteiger partial charge is 0.305 e. The van der Waals surface area contributed by atoms with E-state index < -0.39 is 14.4 Å². The number of benzene rings is 2. The molecule has 0 aromatic heterocycles.